The van der Waals surface area contributed by atoms with Crippen LogP contribution >= 0.6 is 0 Å². The first-order valence-electron chi connectivity index (χ1n) is 21.7. The van der Waals surface area contributed by atoms with Gasteiger partial charge in [0.05, 0.1) is 42.2 Å². The molecule has 7 fully saturated rings. The molecule has 0 bridgehead atoms. The molecule has 0 aromatic carbocycles. The van der Waals surface area contributed by atoms with Gasteiger partial charge in [0.2, 0.25) is 0 Å². The van der Waals surface area contributed by atoms with Crippen LogP contribution in [-0.2, 0) is 47.5 Å². The zero-order chi connectivity index (χ0) is 40.6. The van der Waals surface area contributed by atoms with Crippen LogP contribution in [0.3, 0.4) is 0 Å². The maximum atomic E-state index is 12.6. The second-order valence-electron chi connectivity index (χ2n) is 19.3. The molecule has 14 heteroatoms. The number of carbonyl (C=O) groups is 2. The van der Waals surface area contributed by atoms with Crippen molar-refractivity contribution in [3.8, 4) is 0 Å². The Labute approximate surface area is 336 Å². The summed E-state index contributed by atoms with van der Waals surface area (Å²) in [5.41, 5.74) is 0.189. The molecular weight excluding hydrogens is 740 g/mol. The van der Waals surface area contributed by atoms with Crippen molar-refractivity contribution in [2.45, 2.75) is 204 Å². The van der Waals surface area contributed by atoms with Gasteiger partial charge in [0.15, 0.2) is 18.9 Å². The number of hydrogen-bond acceptors (Lipinski definition) is 14. The normalized spacial score (nSPS) is 52.6. The van der Waals surface area contributed by atoms with E-state index in [0.717, 1.165) is 63.4 Å². The van der Waals surface area contributed by atoms with Crippen molar-refractivity contribution in [1.29, 1.82) is 0 Å². The van der Waals surface area contributed by atoms with Gasteiger partial charge in [-0.1, -0.05) is 13.8 Å². The third-order valence-electron chi connectivity index (χ3n) is 16.2. The predicted octanol–water partition coefficient (Wildman–Crippen LogP) is 3.82. The van der Waals surface area contributed by atoms with E-state index in [0.29, 0.717) is 18.4 Å². The Morgan fingerprint density at radius 3 is 2.00 bits per heavy atom. The van der Waals surface area contributed by atoms with E-state index in [2.05, 4.69) is 13.8 Å². The fourth-order valence-corrected chi connectivity index (χ4v) is 13.1. The summed E-state index contributed by atoms with van der Waals surface area (Å²) in [6.07, 6.45) is 1.76. The number of hydrogen-bond donors (Lipinski definition) is 4. The summed E-state index contributed by atoms with van der Waals surface area (Å²) >= 11 is 0. The maximum absolute atomic E-state index is 12.6. The molecule has 4 N–H and O–H groups in total. The van der Waals surface area contributed by atoms with Crippen LogP contribution in [0.25, 0.3) is 0 Å². The number of rotatable bonds is 8. The van der Waals surface area contributed by atoms with E-state index in [-0.39, 0.29) is 54.0 Å². The standard InChI is InChI=1S/C43H66O14/c1-21-38(48)33(54-24(4)44)19-37(51-21)57-40-23(3)53-36(18-32(40)46)56-39-22(2)52-35(17-31(39)45)55-27-9-12-41(5)26(16-27)7-8-30-29(41)10-13-42(6)28(11-14-43(30,42)49)25-15-34(47)50-20-25/h15,21-23,26-33,35-40,45-46,48-49H,7-14,16-20H2,1-6H3/t21?,22?,23?,26?,27?,28?,29?,30?,31?,32?,33?,35?,36?,37?,38?,39?,40?,41-,42+,43-/m0/s1. The van der Waals surface area contributed by atoms with Crippen LogP contribution < -0.4 is 0 Å². The number of cyclic esters (lactones) is 1. The number of fused-ring (bicyclic) bond motifs is 5. The smallest absolute Gasteiger partial charge is 0.331 e. The molecule has 8 aliphatic rings. The van der Waals surface area contributed by atoms with E-state index < -0.39 is 85.4 Å². The Balaban J connectivity index is 0.819. The summed E-state index contributed by atoms with van der Waals surface area (Å²) in [6, 6.07) is 0. The lowest BCUT2D eigenvalue weighted by Crippen LogP contribution is -2.62. The molecule has 0 aromatic rings. The van der Waals surface area contributed by atoms with Crippen LogP contribution in [0, 0.1) is 34.5 Å². The molecule has 0 aromatic heterocycles. The molecule has 4 aliphatic heterocycles. The molecule has 322 valence electrons. The van der Waals surface area contributed by atoms with E-state index in [1.165, 1.54) is 6.92 Å². The topological polar surface area (TPSA) is 189 Å². The minimum absolute atomic E-state index is 0.0134. The highest BCUT2D eigenvalue weighted by Crippen LogP contribution is 2.70. The average molecular weight is 807 g/mol. The molecule has 0 spiro atoms. The van der Waals surface area contributed by atoms with Gasteiger partial charge in [0.1, 0.15) is 31.0 Å². The van der Waals surface area contributed by atoms with Crippen molar-refractivity contribution in [3.63, 3.8) is 0 Å². The molecule has 14 nitrogen and oxygen atoms in total. The van der Waals surface area contributed by atoms with Crippen molar-refractivity contribution >= 4 is 11.9 Å². The minimum atomic E-state index is -0.992. The molecule has 57 heavy (non-hydrogen) atoms. The van der Waals surface area contributed by atoms with E-state index in [1.54, 1.807) is 19.9 Å². The lowest BCUT2D eigenvalue weighted by Gasteiger charge is -2.64. The van der Waals surface area contributed by atoms with Crippen LogP contribution in [0.5, 0.6) is 0 Å². The molecule has 4 saturated carbocycles. The van der Waals surface area contributed by atoms with Gasteiger partial charge in [-0.2, -0.15) is 0 Å². The van der Waals surface area contributed by atoms with Gasteiger partial charge in [-0.3, -0.25) is 4.79 Å². The van der Waals surface area contributed by atoms with E-state index in [4.69, 9.17) is 37.9 Å². The summed E-state index contributed by atoms with van der Waals surface area (Å²) in [5.74, 6) is 0.591. The molecule has 0 radical (unpaired) electrons. The van der Waals surface area contributed by atoms with Crippen LogP contribution in [0.2, 0.25) is 0 Å². The van der Waals surface area contributed by atoms with Gasteiger partial charge in [-0.25, -0.2) is 4.79 Å². The number of esters is 2. The summed E-state index contributed by atoms with van der Waals surface area (Å²) in [6.45, 7) is 11.7. The van der Waals surface area contributed by atoms with Crippen molar-refractivity contribution in [3.05, 3.63) is 11.6 Å². The Morgan fingerprint density at radius 1 is 0.754 bits per heavy atom. The first-order chi connectivity index (χ1) is 27.0. The third kappa shape index (κ3) is 7.65. The summed E-state index contributed by atoms with van der Waals surface area (Å²) in [4.78, 5) is 23.5. The molecule has 4 heterocycles. The highest BCUT2D eigenvalue weighted by atomic mass is 16.7. The van der Waals surface area contributed by atoms with Crippen LogP contribution in [0.4, 0.5) is 0 Å². The monoisotopic (exact) mass is 806 g/mol. The predicted molar refractivity (Wildman–Crippen MR) is 201 cm³/mol. The molecule has 8 rings (SSSR count). The SMILES string of the molecule is CC(=O)OC1CC(OC2C(O)CC(OC3C(O)CC(OC4CC[C@@]5(C)C(CCC6C5CC[C@]5(C)C(C7=CC(=O)OC7)CC[C@]65O)C4)OC3C)OC2C)OC(C)C1O. The summed E-state index contributed by atoms with van der Waals surface area (Å²) in [5, 5.41) is 45.4. The average Bonchev–Trinajstić information content (AvgIpc) is 3.69. The first-order valence-corrected chi connectivity index (χ1v) is 21.7. The van der Waals surface area contributed by atoms with Crippen molar-refractivity contribution < 1.29 is 67.9 Å². The first kappa shape index (κ1) is 42.0. The summed E-state index contributed by atoms with van der Waals surface area (Å²) < 4.78 is 47.8. The largest absolute Gasteiger partial charge is 0.459 e. The van der Waals surface area contributed by atoms with E-state index in [1.807, 2.05) is 6.92 Å². The van der Waals surface area contributed by atoms with Gasteiger partial charge in [-0.15, -0.1) is 0 Å². The van der Waals surface area contributed by atoms with E-state index in [9.17, 15) is 30.0 Å². The van der Waals surface area contributed by atoms with Gasteiger partial charge >= 0.3 is 11.9 Å². The number of carbonyl (C=O) groups excluding carboxylic acids is 2. The molecular formula is C43H66O14. The fraction of sp³-hybridized carbons (Fsp3) is 0.907. The number of ether oxygens (including phenoxy) is 8. The van der Waals surface area contributed by atoms with E-state index >= 15 is 0 Å². The maximum Gasteiger partial charge on any atom is 0.331 e. The lowest BCUT2D eigenvalue weighted by atomic mass is 9.43. The second-order valence-corrected chi connectivity index (χ2v) is 19.3. The zero-order valence-electron chi connectivity index (χ0n) is 34.5. The van der Waals surface area contributed by atoms with Crippen molar-refractivity contribution in [2.24, 2.45) is 34.5 Å². The zero-order valence-corrected chi connectivity index (χ0v) is 34.5. The highest BCUT2D eigenvalue weighted by molar-refractivity contribution is 5.85. The Hall–Kier alpha value is -1.72. The number of aliphatic hydroxyl groups is 4. The van der Waals surface area contributed by atoms with Gasteiger partial charge < -0.3 is 58.3 Å². The molecule has 3 saturated heterocycles. The Kier molecular flexibility index (Phi) is 11.8. The van der Waals surface area contributed by atoms with Gasteiger partial charge in [0, 0.05) is 37.7 Å². The molecule has 17 unspecified atom stereocenters. The molecule has 20 atom stereocenters. The summed E-state index contributed by atoms with van der Waals surface area (Å²) in [7, 11) is 0. The third-order valence-corrected chi connectivity index (χ3v) is 16.2. The van der Waals surface area contributed by atoms with Crippen LogP contribution in [-0.4, -0.2) is 124 Å². The van der Waals surface area contributed by atoms with Crippen LogP contribution in [0.1, 0.15) is 119 Å². The van der Waals surface area contributed by atoms with Gasteiger partial charge in [0.25, 0.3) is 0 Å². The van der Waals surface area contributed by atoms with Crippen LogP contribution in [0.15, 0.2) is 11.6 Å². The molecule has 0 amide bonds. The fourth-order valence-electron chi connectivity index (χ4n) is 13.1. The number of aliphatic hydroxyl groups excluding tert-OH is 3. The van der Waals surface area contributed by atoms with Crippen molar-refractivity contribution in [2.75, 3.05) is 6.61 Å². The van der Waals surface area contributed by atoms with Crippen molar-refractivity contribution in [1.82, 2.24) is 0 Å². The quantitative estimate of drug-likeness (QED) is 0.205. The highest BCUT2D eigenvalue weighted by Gasteiger charge is 2.68. The Bertz CT molecular complexity index is 1500. The van der Waals surface area contributed by atoms with Gasteiger partial charge in [-0.05, 0) is 113 Å². The molecule has 4 aliphatic carbocycles. The Morgan fingerprint density at radius 2 is 1.39 bits per heavy atom. The lowest BCUT2D eigenvalue weighted by molar-refractivity contribution is -0.336. The minimum Gasteiger partial charge on any atom is -0.459 e. The second kappa shape index (κ2) is 16.0.